The molecule has 0 bridgehead atoms. The molecule has 2 aliphatic rings. The van der Waals surface area contributed by atoms with Gasteiger partial charge in [-0.15, -0.1) is 0 Å². The Morgan fingerprint density at radius 3 is 2.56 bits per heavy atom. The quantitative estimate of drug-likeness (QED) is 0.777. The molecule has 16 heavy (non-hydrogen) atoms. The number of rotatable bonds is 2. The number of hydrogen-bond acceptors (Lipinski definition) is 3. The molecule has 2 rings (SSSR count). The van der Waals surface area contributed by atoms with Gasteiger partial charge in [0.1, 0.15) is 0 Å². The molecule has 4 heteroatoms. The van der Waals surface area contributed by atoms with Crippen LogP contribution < -0.4 is 5.32 Å². The van der Waals surface area contributed by atoms with E-state index in [2.05, 4.69) is 5.32 Å². The maximum absolute atomic E-state index is 11.7. The zero-order chi connectivity index (χ0) is 11.2. The van der Waals surface area contributed by atoms with Crippen LogP contribution in [0.2, 0.25) is 0 Å². The van der Waals surface area contributed by atoms with Gasteiger partial charge in [-0.25, -0.2) is 4.79 Å². The van der Waals surface area contributed by atoms with E-state index in [-0.39, 0.29) is 6.09 Å². The SMILES string of the molecule is O=C(OCC1CCNCC1)N1CCCCC1. The molecule has 0 unspecified atom stereocenters. The topological polar surface area (TPSA) is 41.6 Å². The fraction of sp³-hybridized carbons (Fsp3) is 0.917. The monoisotopic (exact) mass is 226 g/mol. The Morgan fingerprint density at radius 2 is 1.88 bits per heavy atom. The van der Waals surface area contributed by atoms with E-state index in [1.54, 1.807) is 0 Å². The lowest BCUT2D eigenvalue weighted by Crippen LogP contribution is -2.37. The molecule has 0 spiro atoms. The largest absolute Gasteiger partial charge is 0.449 e. The minimum absolute atomic E-state index is 0.0989. The Morgan fingerprint density at radius 1 is 1.19 bits per heavy atom. The van der Waals surface area contributed by atoms with Crippen molar-refractivity contribution in [1.29, 1.82) is 0 Å². The summed E-state index contributed by atoms with van der Waals surface area (Å²) in [4.78, 5) is 13.6. The summed E-state index contributed by atoms with van der Waals surface area (Å²) in [5.41, 5.74) is 0. The Labute approximate surface area is 97.3 Å². The molecule has 92 valence electrons. The molecule has 2 saturated heterocycles. The molecule has 0 aromatic rings. The van der Waals surface area contributed by atoms with Crippen LogP contribution in [-0.2, 0) is 4.74 Å². The highest BCUT2D eigenvalue weighted by Gasteiger charge is 2.20. The number of carbonyl (C=O) groups is 1. The zero-order valence-corrected chi connectivity index (χ0v) is 9.91. The second-order valence-electron chi connectivity index (χ2n) is 4.82. The van der Waals surface area contributed by atoms with E-state index >= 15 is 0 Å². The van der Waals surface area contributed by atoms with Gasteiger partial charge in [-0.1, -0.05) is 0 Å². The molecule has 2 heterocycles. The molecule has 2 aliphatic heterocycles. The van der Waals surface area contributed by atoms with Gasteiger partial charge in [-0.3, -0.25) is 0 Å². The number of nitrogens with one attached hydrogen (secondary N) is 1. The van der Waals surface area contributed by atoms with E-state index in [9.17, 15) is 4.79 Å². The predicted octanol–water partition coefficient (Wildman–Crippen LogP) is 1.61. The number of hydrogen-bond donors (Lipinski definition) is 1. The molecule has 0 aromatic carbocycles. The van der Waals surface area contributed by atoms with Crippen molar-refractivity contribution in [3.8, 4) is 0 Å². The van der Waals surface area contributed by atoms with Crippen molar-refractivity contribution in [2.24, 2.45) is 5.92 Å². The van der Waals surface area contributed by atoms with E-state index in [1.807, 2.05) is 4.90 Å². The highest BCUT2D eigenvalue weighted by molar-refractivity contribution is 5.67. The highest BCUT2D eigenvalue weighted by Crippen LogP contribution is 2.14. The summed E-state index contributed by atoms with van der Waals surface area (Å²) in [6.07, 6.45) is 5.67. The normalized spacial score (nSPS) is 23.1. The van der Waals surface area contributed by atoms with E-state index in [4.69, 9.17) is 4.74 Å². The van der Waals surface area contributed by atoms with Gasteiger partial charge in [-0.2, -0.15) is 0 Å². The molecule has 2 fully saturated rings. The molecular formula is C12H22N2O2. The third kappa shape index (κ3) is 3.37. The van der Waals surface area contributed by atoms with Crippen LogP contribution in [0.1, 0.15) is 32.1 Å². The first-order valence-corrected chi connectivity index (χ1v) is 6.48. The molecule has 0 saturated carbocycles. The minimum Gasteiger partial charge on any atom is -0.449 e. The first kappa shape index (κ1) is 11.7. The van der Waals surface area contributed by atoms with Crippen molar-refractivity contribution < 1.29 is 9.53 Å². The van der Waals surface area contributed by atoms with E-state index in [0.29, 0.717) is 12.5 Å². The molecule has 0 atom stereocenters. The summed E-state index contributed by atoms with van der Waals surface area (Å²) >= 11 is 0. The van der Waals surface area contributed by atoms with Crippen molar-refractivity contribution in [2.45, 2.75) is 32.1 Å². The van der Waals surface area contributed by atoms with Crippen LogP contribution in [0.3, 0.4) is 0 Å². The summed E-state index contributed by atoms with van der Waals surface area (Å²) in [6, 6.07) is 0. The minimum atomic E-state index is -0.0989. The van der Waals surface area contributed by atoms with E-state index in [1.165, 1.54) is 6.42 Å². The zero-order valence-electron chi connectivity index (χ0n) is 9.91. The summed E-state index contributed by atoms with van der Waals surface area (Å²) in [5, 5.41) is 3.31. The summed E-state index contributed by atoms with van der Waals surface area (Å²) in [7, 11) is 0. The third-order valence-electron chi connectivity index (χ3n) is 3.52. The molecule has 0 radical (unpaired) electrons. The van der Waals surface area contributed by atoms with Gasteiger partial charge in [0.15, 0.2) is 0 Å². The van der Waals surface area contributed by atoms with Crippen LogP contribution in [0.15, 0.2) is 0 Å². The maximum Gasteiger partial charge on any atom is 0.409 e. The summed E-state index contributed by atoms with van der Waals surface area (Å²) in [5.74, 6) is 0.565. The number of carbonyl (C=O) groups excluding carboxylic acids is 1. The second kappa shape index (κ2) is 6.09. The van der Waals surface area contributed by atoms with Crippen LogP contribution in [0.25, 0.3) is 0 Å². The average molecular weight is 226 g/mol. The van der Waals surface area contributed by atoms with Gasteiger partial charge in [0.2, 0.25) is 0 Å². The van der Waals surface area contributed by atoms with E-state index < -0.39 is 0 Å². The Bertz CT molecular complexity index is 221. The van der Waals surface area contributed by atoms with Crippen LogP contribution in [0.5, 0.6) is 0 Å². The van der Waals surface area contributed by atoms with Crippen molar-refractivity contribution in [1.82, 2.24) is 10.2 Å². The Kier molecular flexibility index (Phi) is 4.45. The van der Waals surface area contributed by atoms with Crippen LogP contribution in [0.4, 0.5) is 4.79 Å². The van der Waals surface area contributed by atoms with Crippen LogP contribution >= 0.6 is 0 Å². The first-order valence-electron chi connectivity index (χ1n) is 6.48. The van der Waals surface area contributed by atoms with Crippen molar-refractivity contribution in [3.05, 3.63) is 0 Å². The molecule has 1 N–H and O–H groups in total. The van der Waals surface area contributed by atoms with Gasteiger partial charge in [-0.05, 0) is 51.1 Å². The summed E-state index contributed by atoms with van der Waals surface area (Å²) in [6.45, 7) is 4.49. The fourth-order valence-electron chi connectivity index (χ4n) is 2.41. The standard InChI is InChI=1S/C12H22N2O2/c15-12(14-8-2-1-3-9-14)16-10-11-4-6-13-7-5-11/h11,13H,1-10H2. The van der Waals surface area contributed by atoms with Gasteiger partial charge in [0, 0.05) is 13.1 Å². The number of amides is 1. The molecule has 0 aromatic heterocycles. The second-order valence-corrected chi connectivity index (χ2v) is 4.82. The van der Waals surface area contributed by atoms with Gasteiger partial charge >= 0.3 is 6.09 Å². The van der Waals surface area contributed by atoms with Crippen molar-refractivity contribution >= 4 is 6.09 Å². The molecule has 4 nitrogen and oxygen atoms in total. The van der Waals surface area contributed by atoms with Gasteiger partial charge in [0.25, 0.3) is 0 Å². The van der Waals surface area contributed by atoms with Gasteiger partial charge < -0.3 is 15.0 Å². The highest BCUT2D eigenvalue weighted by atomic mass is 16.6. The number of piperidine rings is 2. The van der Waals surface area contributed by atoms with Crippen LogP contribution in [0, 0.1) is 5.92 Å². The average Bonchev–Trinajstić information content (AvgIpc) is 2.38. The fourth-order valence-corrected chi connectivity index (χ4v) is 2.41. The predicted molar refractivity (Wildman–Crippen MR) is 62.4 cm³/mol. The third-order valence-corrected chi connectivity index (χ3v) is 3.52. The molecule has 1 amide bonds. The lowest BCUT2D eigenvalue weighted by Gasteiger charge is -2.28. The number of nitrogens with zero attached hydrogens (tertiary/aromatic N) is 1. The summed E-state index contributed by atoms with van der Waals surface area (Å²) < 4.78 is 5.38. The van der Waals surface area contributed by atoms with E-state index in [0.717, 1.165) is 51.9 Å². The first-order chi connectivity index (χ1) is 7.86. The smallest absolute Gasteiger partial charge is 0.409 e. The lowest BCUT2D eigenvalue weighted by molar-refractivity contribution is 0.0761. The Balaban J connectivity index is 1.65. The number of ether oxygens (including phenoxy) is 1. The lowest BCUT2D eigenvalue weighted by atomic mass is 9.99. The van der Waals surface area contributed by atoms with Crippen molar-refractivity contribution in [2.75, 3.05) is 32.8 Å². The number of likely N-dealkylation sites (tertiary alicyclic amines) is 1. The molecule has 0 aliphatic carbocycles. The Hall–Kier alpha value is -0.770. The van der Waals surface area contributed by atoms with Gasteiger partial charge in [0.05, 0.1) is 6.61 Å². The van der Waals surface area contributed by atoms with Crippen molar-refractivity contribution in [3.63, 3.8) is 0 Å². The maximum atomic E-state index is 11.7. The van der Waals surface area contributed by atoms with Crippen LogP contribution in [-0.4, -0.2) is 43.8 Å². The molecular weight excluding hydrogens is 204 g/mol.